The largest absolute Gasteiger partial charge is 0.289 e. The molecule has 4 heteroatoms. The minimum Gasteiger partial charge on any atom is -0.289 e. The maximum atomic E-state index is 4.38. The van der Waals surface area contributed by atoms with E-state index >= 15 is 0 Å². The molecule has 0 fully saturated rings. The monoisotopic (exact) mass is 446 g/mol. The summed E-state index contributed by atoms with van der Waals surface area (Å²) in [5.41, 5.74) is 5.30. The molecule has 0 aliphatic carbocycles. The fourth-order valence-electron chi connectivity index (χ4n) is 2.93. The smallest absolute Gasteiger partial charge is 0.0512 e. The van der Waals surface area contributed by atoms with Gasteiger partial charge in [0.15, 0.2) is 0 Å². The van der Waals surface area contributed by atoms with E-state index in [0.717, 1.165) is 21.8 Å². The summed E-state index contributed by atoms with van der Waals surface area (Å²) in [7, 11) is 0. The third kappa shape index (κ3) is 4.22. The highest BCUT2D eigenvalue weighted by Crippen LogP contribution is 2.23. The third-order valence-corrected chi connectivity index (χ3v) is 5.39. The molecule has 124 valence electrons. The molecule has 2 aromatic rings. The van der Waals surface area contributed by atoms with Crippen molar-refractivity contribution in [1.29, 1.82) is 0 Å². The summed E-state index contributed by atoms with van der Waals surface area (Å²) in [5.74, 6) is 0. The minimum absolute atomic E-state index is 0.437. The summed E-state index contributed by atoms with van der Waals surface area (Å²) in [6, 6.07) is 13.5. The van der Waals surface area contributed by atoms with Crippen LogP contribution in [0.15, 0.2) is 55.3 Å². The van der Waals surface area contributed by atoms with Gasteiger partial charge in [0.2, 0.25) is 0 Å². The molecule has 0 saturated carbocycles. The van der Waals surface area contributed by atoms with Crippen LogP contribution in [0.5, 0.6) is 0 Å². The lowest BCUT2D eigenvalue weighted by Gasteiger charge is -2.15. The van der Waals surface area contributed by atoms with Crippen LogP contribution in [0.2, 0.25) is 0 Å². The van der Waals surface area contributed by atoms with E-state index in [1.165, 1.54) is 22.3 Å². The van der Waals surface area contributed by atoms with Crippen LogP contribution in [0.3, 0.4) is 0 Å². The molecule has 2 unspecified atom stereocenters. The normalized spacial score (nSPS) is 20.7. The van der Waals surface area contributed by atoms with Crippen molar-refractivity contribution in [2.45, 2.75) is 38.8 Å². The van der Waals surface area contributed by atoms with Crippen LogP contribution in [-0.2, 0) is 12.8 Å². The highest BCUT2D eigenvalue weighted by Gasteiger charge is 2.12. The number of hydrogen-bond donors (Lipinski definition) is 0. The predicted octanol–water partition coefficient (Wildman–Crippen LogP) is 5.63. The molecule has 4 rings (SSSR count). The van der Waals surface area contributed by atoms with Crippen LogP contribution in [0.25, 0.3) is 0 Å². The van der Waals surface area contributed by atoms with E-state index in [1.54, 1.807) is 0 Å². The number of fused-ring (bicyclic) bond motifs is 2. The van der Waals surface area contributed by atoms with E-state index in [1.807, 2.05) is 12.4 Å². The van der Waals surface area contributed by atoms with Gasteiger partial charge in [-0.1, -0.05) is 50.1 Å². The number of hydrogen-bond acceptors (Lipinski definition) is 2. The summed E-state index contributed by atoms with van der Waals surface area (Å²) >= 11 is 6.98. The molecule has 2 aliphatic rings. The Labute approximate surface area is 160 Å². The Morgan fingerprint density at radius 3 is 2.38 bits per heavy atom. The minimum atomic E-state index is 0.437. The summed E-state index contributed by atoms with van der Waals surface area (Å²) in [6.07, 6.45) is 6.06. The first-order chi connectivity index (χ1) is 11.5. The molecule has 0 spiro atoms. The van der Waals surface area contributed by atoms with Crippen molar-refractivity contribution in [2.24, 2.45) is 9.98 Å². The molecular weight excluding hydrogens is 428 g/mol. The van der Waals surface area contributed by atoms with Gasteiger partial charge in [-0.25, -0.2) is 0 Å². The Bertz CT molecular complexity index is 796. The molecule has 24 heavy (non-hydrogen) atoms. The van der Waals surface area contributed by atoms with E-state index in [2.05, 4.69) is 92.1 Å². The number of halogens is 2. The SMILES string of the molecule is CC1Cc2cc(Br)ccc2C=N1.CC1Cc2cccc(Br)c2C=N1. The van der Waals surface area contributed by atoms with Gasteiger partial charge >= 0.3 is 0 Å². The molecule has 0 saturated heterocycles. The van der Waals surface area contributed by atoms with E-state index in [-0.39, 0.29) is 0 Å². The lowest BCUT2D eigenvalue weighted by atomic mass is 9.99. The molecule has 0 N–H and O–H groups in total. The molecule has 2 aromatic carbocycles. The Morgan fingerprint density at radius 2 is 1.58 bits per heavy atom. The van der Waals surface area contributed by atoms with Crippen molar-refractivity contribution >= 4 is 44.3 Å². The second kappa shape index (κ2) is 7.75. The van der Waals surface area contributed by atoms with E-state index < -0.39 is 0 Å². The molecule has 2 heterocycles. The molecule has 0 bridgehead atoms. The first-order valence-electron chi connectivity index (χ1n) is 8.15. The Morgan fingerprint density at radius 1 is 0.875 bits per heavy atom. The lowest BCUT2D eigenvalue weighted by molar-refractivity contribution is 0.732. The van der Waals surface area contributed by atoms with Gasteiger partial charge in [0.25, 0.3) is 0 Å². The Balaban J connectivity index is 0.000000141. The van der Waals surface area contributed by atoms with Crippen molar-refractivity contribution in [3.05, 3.63) is 67.6 Å². The standard InChI is InChI=1S/2C10H10BrN/c1-7-4-9-5-10(11)3-2-8(9)6-12-7;1-7-5-8-3-2-4-10(11)9(8)6-12-7/h2-3,5-7H,4H2,1H3;2-4,6-7H,5H2,1H3. The number of nitrogens with zero attached hydrogens (tertiary/aromatic N) is 2. The Hall–Kier alpha value is -1.26. The van der Waals surface area contributed by atoms with E-state index in [9.17, 15) is 0 Å². The molecule has 2 aliphatic heterocycles. The second-order valence-corrected chi connectivity index (χ2v) is 8.09. The van der Waals surface area contributed by atoms with E-state index in [4.69, 9.17) is 0 Å². The highest BCUT2D eigenvalue weighted by molar-refractivity contribution is 9.10. The molecule has 2 nitrogen and oxygen atoms in total. The fourth-order valence-corrected chi connectivity index (χ4v) is 3.85. The van der Waals surface area contributed by atoms with Crippen LogP contribution in [-0.4, -0.2) is 24.5 Å². The molecule has 0 radical (unpaired) electrons. The van der Waals surface area contributed by atoms with Crippen molar-refractivity contribution in [3.63, 3.8) is 0 Å². The van der Waals surface area contributed by atoms with Crippen LogP contribution < -0.4 is 0 Å². The van der Waals surface area contributed by atoms with E-state index in [0.29, 0.717) is 12.1 Å². The topological polar surface area (TPSA) is 24.7 Å². The molecular formula is C20H20Br2N2. The Kier molecular flexibility index (Phi) is 5.67. The average Bonchev–Trinajstić information content (AvgIpc) is 2.55. The van der Waals surface area contributed by atoms with Gasteiger partial charge in [0, 0.05) is 26.9 Å². The highest BCUT2D eigenvalue weighted by atomic mass is 79.9. The third-order valence-electron chi connectivity index (χ3n) is 4.21. The zero-order chi connectivity index (χ0) is 17.1. The van der Waals surface area contributed by atoms with Gasteiger partial charge in [-0.3, -0.25) is 9.98 Å². The number of aliphatic imine (C=N–C) groups is 2. The second-order valence-electron chi connectivity index (χ2n) is 6.32. The summed E-state index contributed by atoms with van der Waals surface area (Å²) in [5, 5.41) is 0. The van der Waals surface area contributed by atoms with Gasteiger partial charge in [-0.2, -0.15) is 0 Å². The van der Waals surface area contributed by atoms with Gasteiger partial charge in [-0.05, 0) is 61.6 Å². The average molecular weight is 448 g/mol. The first-order valence-corrected chi connectivity index (χ1v) is 9.73. The number of rotatable bonds is 0. The molecule has 0 aromatic heterocycles. The van der Waals surface area contributed by atoms with Crippen LogP contribution in [0.1, 0.15) is 36.1 Å². The summed E-state index contributed by atoms with van der Waals surface area (Å²) in [6.45, 7) is 4.28. The summed E-state index contributed by atoms with van der Waals surface area (Å²) in [4.78, 5) is 8.74. The van der Waals surface area contributed by atoms with Crippen molar-refractivity contribution < 1.29 is 0 Å². The fraction of sp³-hybridized carbons (Fsp3) is 0.300. The summed E-state index contributed by atoms with van der Waals surface area (Å²) < 4.78 is 2.31. The van der Waals surface area contributed by atoms with Gasteiger partial charge < -0.3 is 0 Å². The van der Waals surface area contributed by atoms with Crippen LogP contribution in [0, 0.1) is 0 Å². The van der Waals surface area contributed by atoms with Crippen molar-refractivity contribution in [3.8, 4) is 0 Å². The van der Waals surface area contributed by atoms with Gasteiger partial charge in [-0.15, -0.1) is 0 Å². The van der Waals surface area contributed by atoms with Crippen LogP contribution in [0.4, 0.5) is 0 Å². The zero-order valence-corrected chi connectivity index (χ0v) is 17.0. The van der Waals surface area contributed by atoms with Crippen LogP contribution >= 0.6 is 31.9 Å². The van der Waals surface area contributed by atoms with Gasteiger partial charge in [0.05, 0.1) is 12.1 Å². The molecule has 2 atom stereocenters. The van der Waals surface area contributed by atoms with Gasteiger partial charge in [0.1, 0.15) is 0 Å². The first kappa shape index (κ1) is 17.6. The number of benzene rings is 2. The maximum Gasteiger partial charge on any atom is 0.0512 e. The maximum absolute atomic E-state index is 4.38. The predicted molar refractivity (Wildman–Crippen MR) is 110 cm³/mol. The quantitative estimate of drug-likeness (QED) is 0.500. The lowest BCUT2D eigenvalue weighted by Crippen LogP contribution is -2.11. The molecule has 0 amide bonds. The van der Waals surface area contributed by atoms with Crippen molar-refractivity contribution in [1.82, 2.24) is 0 Å². The zero-order valence-electron chi connectivity index (χ0n) is 13.8. The van der Waals surface area contributed by atoms with Crippen molar-refractivity contribution in [2.75, 3.05) is 0 Å².